The number of sulfonamides is 1. The number of nitrogens with zero attached hydrogens (tertiary/aromatic N) is 3. The van der Waals surface area contributed by atoms with Gasteiger partial charge in [-0.05, 0) is 26.7 Å². The molecule has 8 nitrogen and oxygen atoms in total. The van der Waals surface area contributed by atoms with Crippen LogP contribution in [0.5, 0.6) is 0 Å². The summed E-state index contributed by atoms with van der Waals surface area (Å²) in [5, 5.41) is 7.14. The van der Waals surface area contributed by atoms with Gasteiger partial charge in [-0.3, -0.25) is 9.48 Å². The van der Waals surface area contributed by atoms with Gasteiger partial charge in [-0.2, -0.15) is 9.40 Å². The molecule has 1 amide bonds. The summed E-state index contributed by atoms with van der Waals surface area (Å²) in [6, 6.07) is 0.274. The molecule has 23 heavy (non-hydrogen) atoms. The van der Waals surface area contributed by atoms with Crippen LogP contribution < -0.4 is 5.32 Å². The van der Waals surface area contributed by atoms with Crippen LogP contribution in [0.1, 0.15) is 24.2 Å². The minimum Gasteiger partial charge on any atom is -0.379 e. The van der Waals surface area contributed by atoms with Crippen LogP contribution in [0.15, 0.2) is 4.90 Å². The summed E-state index contributed by atoms with van der Waals surface area (Å²) < 4.78 is 33.8. The summed E-state index contributed by atoms with van der Waals surface area (Å²) in [4.78, 5) is 12.1. The zero-order valence-corrected chi connectivity index (χ0v) is 14.2. The summed E-state index contributed by atoms with van der Waals surface area (Å²) in [7, 11) is -3.61. The number of amides is 1. The maximum absolute atomic E-state index is 12.8. The van der Waals surface area contributed by atoms with Gasteiger partial charge in [-0.15, -0.1) is 0 Å². The van der Waals surface area contributed by atoms with E-state index < -0.39 is 10.0 Å². The van der Waals surface area contributed by atoms with Crippen molar-refractivity contribution < 1.29 is 17.9 Å². The van der Waals surface area contributed by atoms with E-state index in [-0.39, 0.29) is 23.4 Å². The average Bonchev–Trinajstić information content (AvgIpc) is 3.26. The Balaban J connectivity index is 1.83. The fourth-order valence-corrected chi connectivity index (χ4v) is 4.54. The maximum atomic E-state index is 12.8. The van der Waals surface area contributed by atoms with E-state index in [0.717, 1.165) is 12.8 Å². The summed E-state index contributed by atoms with van der Waals surface area (Å²) >= 11 is 0. The highest BCUT2D eigenvalue weighted by Gasteiger charge is 2.32. The van der Waals surface area contributed by atoms with E-state index in [2.05, 4.69) is 10.4 Å². The molecule has 1 N–H and O–H groups in total. The standard InChI is InChI=1S/C14H22N4O4S/c1-10-14(23(20,21)17-5-7-22-8-6-17)11(2)18(16-10)9-13(19)15-12-3-4-12/h12H,3-9H2,1-2H3,(H,15,19). The van der Waals surface area contributed by atoms with Gasteiger partial charge >= 0.3 is 0 Å². The summed E-state index contributed by atoms with van der Waals surface area (Å²) in [6.07, 6.45) is 2.03. The van der Waals surface area contributed by atoms with Gasteiger partial charge < -0.3 is 10.1 Å². The van der Waals surface area contributed by atoms with Crippen molar-refractivity contribution >= 4 is 15.9 Å². The van der Waals surface area contributed by atoms with Gasteiger partial charge in [0.05, 0.1) is 24.6 Å². The molecule has 0 atom stereocenters. The minimum atomic E-state index is -3.61. The van der Waals surface area contributed by atoms with Crippen molar-refractivity contribution in [1.29, 1.82) is 0 Å². The summed E-state index contributed by atoms with van der Waals surface area (Å²) in [6.45, 7) is 4.88. The van der Waals surface area contributed by atoms with E-state index in [1.54, 1.807) is 13.8 Å². The number of carbonyl (C=O) groups excluding carboxylic acids is 1. The van der Waals surface area contributed by atoms with Crippen LogP contribution in [0.2, 0.25) is 0 Å². The van der Waals surface area contributed by atoms with Crippen molar-refractivity contribution in [1.82, 2.24) is 19.4 Å². The molecule has 1 saturated carbocycles. The molecule has 0 bridgehead atoms. The van der Waals surface area contributed by atoms with Gasteiger partial charge in [0.2, 0.25) is 15.9 Å². The number of hydrogen-bond acceptors (Lipinski definition) is 5. The predicted octanol–water partition coefficient (Wildman–Crippen LogP) is -0.201. The molecule has 1 aliphatic heterocycles. The molecule has 2 heterocycles. The Morgan fingerprint density at radius 2 is 1.96 bits per heavy atom. The first-order chi connectivity index (χ1) is 10.9. The molecule has 2 aliphatic rings. The quantitative estimate of drug-likeness (QED) is 0.800. The number of carbonyl (C=O) groups is 1. The number of rotatable bonds is 5. The Kier molecular flexibility index (Phi) is 4.43. The summed E-state index contributed by atoms with van der Waals surface area (Å²) in [5.74, 6) is -0.131. The second kappa shape index (κ2) is 6.21. The molecule has 3 rings (SSSR count). The number of aryl methyl sites for hydroxylation is 1. The maximum Gasteiger partial charge on any atom is 0.246 e. The largest absolute Gasteiger partial charge is 0.379 e. The molecule has 1 aliphatic carbocycles. The fourth-order valence-electron chi connectivity index (χ4n) is 2.76. The van der Waals surface area contributed by atoms with Crippen molar-refractivity contribution in [2.75, 3.05) is 26.3 Å². The number of hydrogen-bond donors (Lipinski definition) is 1. The molecule has 0 spiro atoms. The van der Waals surface area contributed by atoms with Crippen molar-refractivity contribution in [2.45, 2.75) is 44.2 Å². The van der Waals surface area contributed by atoms with Gasteiger partial charge in [0.25, 0.3) is 0 Å². The minimum absolute atomic E-state index is 0.0435. The second-order valence-electron chi connectivity index (χ2n) is 6.02. The van der Waals surface area contributed by atoms with Crippen LogP contribution in [0.3, 0.4) is 0 Å². The van der Waals surface area contributed by atoms with Crippen LogP contribution in [-0.4, -0.2) is 60.8 Å². The molecule has 128 valence electrons. The molecule has 0 radical (unpaired) electrons. The average molecular weight is 342 g/mol. The predicted molar refractivity (Wildman–Crippen MR) is 82.4 cm³/mol. The van der Waals surface area contributed by atoms with Gasteiger partial charge in [0, 0.05) is 19.1 Å². The van der Waals surface area contributed by atoms with Crippen LogP contribution in [0.4, 0.5) is 0 Å². The van der Waals surface area contributed by atoms with E-state index in [0.29, 0.717) is 37.7 Å². The van der Waals surface area contributed by atoms with Gasteiger partial charge in [-0.1, -0.05) is 0 Å². The van der Waals surface area contributed by atoms with Crippen LogP contribution in [0, 0.1) is 13.8 Å². The molecule has 0 unspecified atom stereocenters. The highest BCUT2D eigenvalue weighted by molar-refractivity contribution is 7.89. The Bertz CT molecular complexity index is 703. The third-order valence-electron chi connectivity index (χ3n) is 4.12. The zero-order chi connectivity index (χ0) is 16.6. The molecule has 1 aromatic rings. The van der Waals surface area contributed by atoms with E-state index in [1.807, 2.05) is 0 Å². The third kappa shape index (κ3) is 3.41. The van der Waals surface area contributed by atoms with Crippen molar-refractivity contribution in [3.63, 3.8) is 0 Å². The molecular weight excluding hydrogens is 320 g/mol. The first-order valence-electron chi connectivity index (χ1n) is 7.81. The lowest BCUT2D eigenvalue weighted by atomic mass is 10.4. The van der Waals surface area contributed by atoms with Crippen LogP contribution in [-0.2, 0) is 26.1 Å². The highest BCUT2D eigenvalue weighted by Crippen LogP contribution is 2.24. The lowest BCUT2D eigenvalue weighted by Crippen LogP contribution is -2.41. The first-order valence-corrected chi connectivity index (χ1v) is 9.25. The first kappa shape index (κ1) is 16.4. The van der Waals surface area contributed by atoms with Crippen molar-refractivity contribution in [3.05, 3.63) is 11.4 Å². The van der Waals surface area contributed by atoms with Crippen molar-refractivity contribution in [3.8, 4) is 0 Å². The second-order valence-corrected chi connectivity index (χ2v) is 7.89. The lowest BCUT2D eigenvalue weighted by Gasteiger charge is -2.26. The Labute approximate surface area is 135 Å². The summed E-state index contributed by atoms with van der Waals surface area (Å²) in [5.41, 5.74) is 0.924. The zero-order valence-electron chi connectivity index (χ0n) is 13.4. The molecular formula is C14H22N4O4S. The molecule has 1 saturated heterocycles. The van der Waals surface area contributed by atoms with E-state index in [1.165, 1.54) is 8.99 Å². The number of aromatic nitrogens is 2. The van der Waals surface area contributed by atoms with Gasteiger partial charge in [-0.25, -0.2) is 8.42 Å². The van der Waals surface area contributed by atoms with Crippen molar-refractivity contribution in [2.24, 2.45) is 0 Å². The SMILES string of the molecule is Cc1nn(CC(=O)NC2CC2)c(C)c1S(=O)(=O)N1CCOCC1. The number of morpholine rings is 1. The lowest BCUT2D eigenvalue weighted by molar-refractivity contribution is -0.122. The Hall–Kier alpha value is -1.45. The Morgan fingerprint density at radius 3 is 2.57 bits per heavy atom. The molecule has 9 heteroatoms. The normalized spacial score (nSPS) is 19.7. The number of nitrogens with one attached hydrogen (secondary N) is 1. The van der Waals surface area contributed by atoms with Gasteiger partial charge in [0.1, 0.15) is 11.4 Å². The Morgan fingerprint density at radius 1 is 1.30 bits per heavy atom. The molecule has 0 aromatic carbocycles. The monoisotopic (exact) mass is 342 g/mol. The third-order valence-corrected chi connectivity index (χ3v) is 6.27. The fraction of sp³-hybridized carbons (Fsp3) is 0.714. The topological polar surface area (TPSA) is 93.5 Å². The van der Waals surface area contributed by atoms with E-state index >= 15 is 0 Å². The smallest absolute Gasteiger partial charge is 0.246 e. The van der Waals surface area contributed by atoms with Crippen LogP contribution in [0.25, 0.3) is 0 Å². The van der Waals surface area contributed by atoms with Gasteiger partial charge in [0.15, 0.2) is 0 Å². The van der Waals surface area contributed by atoms with Crippen LogP contribution >= 0.6 is 0 Å². The molecule has 1 aromatic heterocycles. The highest BCUT2D eigenvalue weighted by atomic mass is 32.2. The molecule has 2 fully saturated rings. The van der Waals surface area contributed by atoms with E-state index in [9.17, 15) is 13.2 Å². The van der Waals surface area contributed by atoms with E-state index in [4.69, 9.17) is 4.74 Å². The number of ether oxygens (including phenoxy) is 1.